The van der Waals surface area contributed by atoms with E-state index in [0.717, 1.165) is 10.6 Å². The van der Waals surface area contributed by atoms with E-state index in [4.69, 9.17) is 14.6 Å². The molecule has 9 heteroatoms. The maximum Gasteiger partial charge on any atom is 0.271 e. The van der Waals surface area contributed by atoms with Gasteiger partial charge in [0.05, 0.1) is 12.2 Å². The Hall–Kier alpha value is -5.49. The van der Waals surface area contributed by atoms with Crippen molar-refractivity contribution in [3.05, 3.63) is 112 Å². The summed E-state index contributed by atoms with van der Waals surface area (Å²) < 4.78 is 27.0. The lowest BCUT2D eigenvalue weighted by molar-refractivity contribution is -0.141. The summed E-state index contributed by atoms with van der Waals surface area (Å²) in [5.41, 5.74) is 3.69. The molecule has 2 aliphatic rings. The van der Waals surface area contributed by atoms with Gasteiger partial charge < -0.3 is 9.47 Å². The fraction of sp³-hybridized carbons (Fsp3) is 0.125. The molecule has 0 unspecified atom stereocenters. The number of benzene rings is 3. The first-order valence-electron chi connectivity index (χ1n) is 12.8. The van der Waals surface area contributed by atoms with Crippen LogP contribution >= 0.6 is 0 Å². The number of carbonyl (C=O) groups excluding carboxylic acids is 2. The molecule has 6 rings (SSSR count). The number of fused-ring (bicyclic) bond motifs is 1. The molecule has 0 saturated heterocycles. The molecule has 0 atom stereocenters. The van der Waals surface area contributed by atoms with Gasteiger partial charge in [-0.25, -0.2) is 9.07 Å². The zero-order valence-electron chi connectivity index (χ0n) is 22.2. The molecule has 4 aromatic rings. The molecule has 1 aromatic heterocycles. The number of aromatic nitrogens is 2. The molecule has 0 radical (unpaired) electrons. The maximum absolute atomic E-state index is 14.6. The van der Waals surface area contributed by atoms with E-state index < -0.39 is 11.8 Å². The number of para-hydroxylation sites is 1. The van der Waals surface area contributed by atoms with Crippen molar-refractivity contribution in [2.24, 2.45) is 0 Å². The van der Waals surface area contributed by atoms with Crippen LogP contribution < -0.4 is 9.47 Å². The highest BCUT2D eigenvalue weighted by molar-refractivity contribution is 6.19. The van der Waals surface area contributed by atoms with Crippen molar-refractivity contribution >= 4 is 17.9 Å². The third-order valence-corrected chi connectivity index (χ3v) is 7.11. The summed E-state index contributed by atoms with van der Waals surface area (Å²) in [6.45, 7) is 3.28. The summed E-state index contributed by atoms with van der Waals surface area (Å²) in [5.74, 6) is -0.518. The van der Waals surface area contributed by atoms with Gasteiger partial charge in [-0.2, -0.15) is 10.4 Å². The second-order valence-corrected chi connectivity index (χ2v) is 9.73. The first kappa shape index (κ1) is 25.8. The Morgan fingerprint density at radius 1 is 1.00 bits per heavy atom. The Bertz CT molecular complexity index is 1830. The summed E-state index contributed by atoms with van der Waals surface area (Å²) >= 11 is 0. The zero-order chi connectivity index (χ0) is 28.7. The van der Waals surface area contributed by atoms with E-state index >= 15 is 0 Å². The van der Waals surface area contributed by atoms with Gasteiger partial charge in [0.2, 0.25) is 6.79 Å². The maximum atomic E-state index is 14.6. The van der Waals surface area contributed by atoms with Crippen molar-refractivity contribution in [3.8, 4) is 34.5 Å². The molecular weight excluding hydrogens is 523 g/mol. The van der Waals surface area contributed by atoms with E-state index in [1.807, 2.05) is 36.4 Å². The van der Waals surface area contributed by atoms with Crippen LogP contribution in [0.4, 0.5) is 4.39 Å². The lowest BCUT2D eigenvalue weighted by Crippen LogP contribution is -2.42. The van der Waals surface area contributed by atoms with Crippen molar-refractivity contribution in [1.82, 2.24) is 14.7 Å². The Morgan fingerprint density at radius 2 is 1.78 bits per heavy atom. The number of nitriles is 1. The molecule has 0 aliphatic carbocycles. The third-order valence-electron chi connectivity index (χ3n) is 7.11. The molecule has 0 fully saturated rings. The van der Waals surface area contributed by atoms with Crippen molar-refractivity contribution in [2.45, 2.75) is 20.4 Å². The van der Waals surface area contributed by atoms with Crippen molar-refractivity contribution in [2.75, 3.05) is 6.79 Å². The highest BCUT2D eigenvalue weighted by Gasteiger charge is 2.36. The van der Waals surface area contributed by atoms with Crippen LogP contribution in [0, 0.1) is 24.1 Å². The van der Waals surface area contributed by atoms with Crippen LogP contribution in [-0.4, -0.2) is 33.3 Å². The Morgan fingerprint density at radius 3 is 2.54 bits per heavy atom. The fourth-order valence-electron chi connectivity index (χ4n) is 4.82. The van der Waals surface area contributed by atoms with Crippen LogP contribution in [-0.2, 0) is 16.1 Å². The normalized spacial score (nSPS) is 15.6. The van der Waals surface area contributed by atoms with E-state index in [9.17, 15) is 19.2 Å². The number of carbonyl (C=O) groups is 2. The van der Waals surface area contributed by atoms with Gasteiger partial charge in [-0.3, -0.25) is 14.5 Å². The largest absolute Gasteiger partial charge is 0.454 e. The lowest BCUT2D eigenvalue weighted by atomic mass is 9.93. The second-order valence-electron chi connectivity index (χ2n) is 9.73. The highest BCUT2D eigenvalue weighted by Crippen LogP contribution is 2.35. The molecular formula is C32H23FN4O4. The first-order chi connectivity index (χ1) is 19.8. The minimum absolute atomic E-state index is 0.0661. The van der Waals surface area contributed by atoms with Gasteiger partial charge in [-0.1, -0.05) is 36.4 Å². The average molecular weight is 547 g/mol. The van der Waals surface area contributed by atoms with Crippen LogP contribution in [0.25, 0.3) is 23.0 Å². The van der Waals surface area contributed by atoms with E-state index in [2.05, 4.69) is 0 Å². The number of ether oxygens (including phenoxy) is 2. The molecule has 0 saturated carbocycles. The minimum atomic E-state index is -0.675. The number of nitrogens with zero attached hydrogens (tertiary/aromatic N) is 4. The van der Waals surface area contributed by atoms with E-state index in [1.54, 1.807) is 61.1 Å². The number of halogens is 1. The topological polar surface area (TPSA) is 97.5 Å². The minimum Gasteiger partial charge on any atom is -0.454 e. The van der Waals surface area contributed by atoms with Gasteiger partial charge >= 0.3 is 0 Å². The SMILES string of the molecule is CC1=C(C#N)C(=O)N(Cc2ccc3c(c2)OCO3)C(=O)/C1=C/c1cn(-c2ccccc2)nc1-c1ccc(C)c(F)c1. The van der Waals surface area contributed by atoms with E-state index in [1.165, 1.54) is 6.07 Å². The van der Waals surface area contributed by atoms with Crippen LogP contribution in [0.1, 0.15) is 23.6 Å². The predicted octanol–water partition coefficient (Wildman–Crippen LogP) is 5.51. The number of rotatable bonds is 5. The molecule has 3 aromatic carbocycles. The molecule has 2 amide bonds. The van der Waals surface area contributed by atoms with E-state index in [-0.39, 0.29) is 35.9 Å². The van der Waals surface area contributed by atoms with Crippen molar-refractivity contribution < 1.29 is 23.5 Å². The Kier molecular flexibility index (Phi) is 6.44. The molecule has 202 valence electrons. The molecule has 41 heavy (non-hydrogen) atoms. The number of aryl methyl sites for hydroxylation is 1. The van der Waals surface area contributed by atoms with Gasteiger partial charge in [0.15, 0.2) is 11.5 Å². The highest BCUT2D eigenvalue weighted by atomic mass is 19.1. The molecule has 0 N–H and O–H groups in total. The summed E-state index contributed by atoms with van der Waals surface area (Å²) in [4.78, 5) is 28.1. The fourth-order valence-corrected chi connectivity index (χ4v) is 4.82. The average Bonchev–Trinajstić information content (AvgIpc) is 3.63. The standard InChI is InChI=1S/C32H23FN4O4/c1-19-8-10-22(14-27(19)33)30-23(17-37(35-30)24-6-4-3-5-7-24)13-25-20(2)26(15-34)32(39)36(31(25)38)16-21-9-11-28-29(12-21)41-18-40-28/h3-14,17H,16,18H2,1-2H3/b25-13+. The van der Waals surface area contributed by atoms with Gasteiger partial charge in [-0.05, 0) is 67.0 Å². The van der Waals surface area contributed by atoms with Crippen LogP contribution in [0.15, 0.2) is 89.6 Å². The number of hydrogen-bond acceptors (Lipinski definition) is 6. The predicted molar refractivity (Wildman–Crippen MR) is 148 cm³/mol. The number of hydrogen-bond donors (Lipinski definition) is 0. The summed E-state index contributed by atoms with van der Waals surface area (Å²) in [5, 5.41) is 14.6. The summed E-state index contributed by atoms with van der Waals surface area (Å²) in [6.07, 6.45) is 3.34. The number of imide groups is 1. The van der Waals surface area contributed by atoms with Crippen molar-refractivity contribution in [1.29, 1.82) is 5.26 Å². The summed E-state index contributed by atoms with van der Waals surface area (Å²) in [6, 6.07) is 21.3. The molecule has 0 spiro atoms. The molecule has 0 bridgehead atoms. The molecule has 8 nitrogen and oxygen atoms in total. The van der Waals surface area contributed by atoms with Crippen LogP contribution in [0.3, 0.4) is 0 Å². The smallest absolute Gasteiger partial charge is 0.271 e. The van der Waals surface area contributed by atoms with Crippen molar-refractivity contribution in [3.63, 3.8) is 0 Å². The molecule has 3 heterocycles. The first-order valence-corrected chi connectivity index (χ1v) is 12.8. The quantitative estimate of drug-likeness (QED) is 0.242. The Labute approximate surface area is 235 Å². The van der Waals surface area contributed by atoms with Gasteiger partial charge in [0.25, 0.3) is 11.8 Å². The van der Waals surface area contributed by atoms with Gasteiger partial charge in [-0.15, -0.1) is 0 Å². The van der Waals surface area contributed by atoms with Crippen LogP contribution in [0.5, 0.6) is 11.5 Å². The summed E-state index contributed by atoms with van der Waals surface area (Å²) in [7, 11) is 0. The van der Waals surface area contributed by atoms with Gasteiger partial charge in [0.1, 0.15) is 23.2 Å². The number of amides is 2. The Balaban J connectivity index is 1.46. The second kappa shape index (κ2) is 10.2. The lowest BCUT2D eigenvalue weighted by Gasteiger charge is -2.27. The van der Waals surface area contributed by atoms with Crippen LogP contribution in [0.2, 0.25) is 0 Å². The zero-order valence-corrected chi connectivity index (χ0v) is 22.2. The van der Waals surface area contributed by atoms with E-state index in [0.29, 0.717) is 39.4 Å². The monoisotopic (exact) mass is 546 g/mol. The molecule has 2 aliphatic heterocycles. The third kappa shape index (κ3) is 4.66. The van der Waals surface area contributed by atoms with Gasteiger partial charge in [0, 0.05) is 22.9 Å².